The summed E-state index contributed by atoms with van der Waals surface area (Å²) < 4.78 is 22.9. The van der Waals surface area contributed by atoms with Crippen molar-refractivity contribution in [2.24, 2.45) is 0 Å². The molecule has 9 N–H and O–H groups in total. The summed E-state index contributed by atoms with van der Waals surface area (Å²) in [7, 11) is 0. The molecule has 12 unspecified atom stereocenters. The Morgan fingerprint density at radius 2 is 0.717 bits per heavy atom. The number of allylic oxidation sites excluding steroid dienone is 7. The molecule has 14 nitrogen and oxygen atoms in total. The Kier molecular flexibility index (Phi) is 58.4. The predicted octanol–water partition coefficient (Wildman–Crippen LogP) is 17.0. The number of aliphatic hydroxyl groups excluding tert-OH is 8. The van der Waals surface area contributed by atoms with Crippen LogP contribution in [0.3, 0.4) is 0 Å². The largest absolute Gasteiger partial charge is 0.394 e. The van der Waals surface area contributed by atoms with Crippen molar-refractivity contribution in [2.75, 3.05) is 19.8 Å². The number of aliphatic hydroxyl groups is 8. The maximum Gasteiger partial charge on any atom is 0.220 e. The van der Waals surface area contributed by atoms with Crippen LogP contribution < -0.4 is 5.32 Å². The molecule has 12 atom stereocenters. The molecule has 2 saturated heterocycles. The minimum absolute atomic E-state index is 0.234. The summed E-state index contributed by atoms with van der Waals surface area (Å²) in [6, 6.07) is -0.917. The topological polar surface area (TPSA) is 228 Å². The molecule has 0 bridgehead atoms. The van der Waals surface area contributed by atoms with Crippen LogP contribution >= 0.6 is 0 Å². The van der Waals surface area contributed by atoms with Crippen molar-refractivity contribution in [2.45, 2.75) is 421 Å². The number of hydrogen-bond acceptors (Lipinski definition) is 13. The Morgan fingerprint density at radius 1 is 0.391 bits per heavy atom. The fourth-order valence-corrected chi connectivity index (χ4v) is 12.8. The van der Waals surface area contributed by atoms with E-state index >= 15 is 0 Å². The highest BCUT2D eigenvalue weighted by molar-refractivity contribution is 5.76. The first kappa shape index (κ1) is 86.0. The molecule has 1 amide bonds. The Hall–Kier alpha value is -2.05. The number of rotatable bonds is 65. The highest BCUT2D eigenvalue weighted by Crippen LogP contribution is 2.30. The molecule has 2 aliphatic rings. The molecule has 0 saturated carbocycles. The van der Waals surface area contributed by atoms with Crippen LogP contribution in [0, 0.1) is 0 Å². The summed E-state index contributed by atoms with van der Waals surface area (Å²) in [6.07, 6.45) is 66.1. The van der Waals surface area contributed by atoms with E-state index in [1.165, 1.54) is 270 Å². The Labute approximate surface area is 563 Å². The van der Waals surface area contributed by atoms with Gasteiger partial charge in [0.15, 0.2) is 12.6 Å². The van der Waals surface area contributed by atoms with E-state index in [-0.39, 0.29) is 18.9 Å². The number of amides is 1. The summed E-state index contributed by atoms with van der Waals surface area (Å²) in [5.41, 5.74) is 0. The molecular weight excluding hydrogens is 1160 g/mol. The fraction of sp³-hybridized carbons (Fsp3) is 0.885. The molecule has 540 valence electrons. The maximum atomic E-state index is 13.4. The van der Waals surface area contributed by atoms with Gasteiger partial charge in [0.1, 0.15) is 48.8 Å². The van der Waals surface area contributed by atoms with E-state index in [0.717, 1.165) is 51.4 Å². The molecule has 0 aliphatic carbocycles. The molecular formula is C78H145NO13. The number of nitrogens with one attached hydrogen (secondary N) is 1. The van der Waals surface area contributed by atoms with E-state index in [9.17, 15) is 45.6 Å². The van der Waals surface area contributed by atoms with Gasteiger partial charge >= 0.3 is 0 Å². The number of hydrogen-bond donors (Lipinski definition) is 9. The predicted molar refractivity (Wildman–Crippen MR) is 378 cm³/mol. The molecule has 92 heavy (non-hydrogen) atoms. The molecule has 2 aliphatic heterocycles. The third kappa shape index (κ3) is 45.5. The normalized spacial score (nSPS) is 22.9. The molecule has 0 aromatic heterocycles. The number of ether oxygens (including phenoxy) is 4. The van der Waals surface area contributed by atoms with Crippen LogP contribution in [0.2, 0.25) is 0 Å². The minimum atomic E-state index is -1.79. The van der Waals surface area contributed by atoms with E-state index in [1.807, 2.05) is 6.08 Å². The van der Waals surface area contributed by atoms with Crippen molar-refractivity contribution in [3.63, 3.8) is 0 Å². The van der Waals surface area contributed by atoms with Crippen LogP contribution in [0.25, 0.3) is 0 Å². The molecule has 2 rings (SSSR count). The smallest absolute Gasteiger partial charge is 0.220 e. The van der Waals surface area contributed by atoms with Gasteiger partial charge in [-0.3, -0.25) is 4.79 Å². The van der Waals surface area contributed by atoms with Crippen LogP contribution in [0.1, 0.15) is 348 Å². The molecule has 0 aromatic carbocycles. The lowest BCUT2D eigenvalue weighted by atomic mass is 9.97. The van der Waals surface area contributed by atoms with Gasteiger partial charge in [0.05, 0.1) is 32.0 Å². The molecule has 2 heterocycles. The third-order valence-electron chi connectivity index (χ3n) is 19.0. The van der Waals surface area contributed by atoms with Crippen molar-refractivity contribution in [3.8, 4) is 0 Å². The van der Waals surface area contributed by atoms with Crippen LogP contribution in [0.4, 0.5) is 0 Å². The molecule has 0 aromatic rings. The average molecular weight is 1310 g/mol. The van der Waals surface area contributed by atoms with Gasteiger partial charge in [-0.2, -0.15) is 0 Å². The lowest BCUT2D eigenvalue weighted by Gasteiger charge is -2.46. The van der Waals surface area contributed by atoms with E-state index in [4.69, 9.17) is 18.9 Å². The van der Waals surface area contributed by atoms with Gasteiger partial charge < -0.3 is 65.1 Å². The second kappa shape index (κ2) is 62.5. The first-order valence-electron chi connectivity index (χ1n) is 38.9. The van der Waals surface area contributed by atoms with Gasteiger partial charge in [-0.05, 0) is 57.8 Å². The summed E-state index contributed by atoms with van der Waals surface area (Å²) in [4.78, 5) is 13.4. The summed E-state index contributed by atoms with van der Waals surface area (Å²) >= 11 is 0. The molecule has 0 spiro atoms. The van der Waals surface area contributed by atoms with E-state index in [2.05, 4.69) is 55.6 Å². The zero-order valence-electron chi connectivity index (χ0n) is 59.1. The zero-order chi connectivity index (χ0) is 66.6. The second-order valence-electron chi connectivity index (χ2n) is 27.5. The van der Waals surface area contributed by atoms with Gasteiger partial charge in [-0.25, -0.2) is 0 Å². The Morgan fingerprint density at radius 3 is 1.10 bits per heavy atom. The van der Waals surface area contributed by atoms with Crippen LogP contribution in [-0.4, -0.2) is 140 Å². The van der Waals surface area contributed by atoms with Crippen molar-refractivity contribution in [1.29, 1.82) is 0 Å². The SMILES string of the molecule is CCCCCCC/C=C\C/C=C\C/C=C\CCCCCCCCCCCCCCCCCCC(=O)NC(COC1OC(CO)C(OC2OC(CO)C(O)C(O)C2O)C(O)C1O)C(O)/C=C/CCCCCCCCCCCCCCCCCCCCCCCCCCC. The fourth-order valence-electron chi connectivity index (χ4n) is 12.8. The molecule has 2 fully saturated rings. The van der Waals surface area contributed by atoms with Crippen LogP contribution in [0.5, 0.6) is 0 Å². The highest BCUT2D eigenvalue weighted by Gasteiger charge is 2.51. The summed E-state index contributed by atoms with van der Waals surface area (Å²) in [6.45, 7) is 2.84. The number of unbranched alkanes of at least 4 members (excludes halogenated alkanes) is 46. The van der Waals surface area contributed by atoms with E-state index < -0.39 is 86.8 Å². The van der Waals surface area contributed by atoms with Crippen molar-refractivity contribution in [1.82, 2.24) is 5.32 Å². The zero-order valence-corrected chi connectivity index (χ0v) is 59.1. The standard InChI is InChI=1S/C78H145NO13/c1-3-5-7-9-11-13-15-17-19-21-23-25-27-29-31-32-33-34-36-38-40-42-44-46-48-50-52-54-56-58-60-62-70(83)79-66(65-89-77-75(88)73(86)76(69(64-81)91-77)92-78-74(87)72(85)71(84)68(63-80)90-78)67(82)61-59-57-55-53-51-49-47-45-43-41-39-37-35-30-28-26-24-22-20-18-16-14-12-10-8-6-4-2/h15,17,21,23,27,29,59,61,66-69,71-78,80-82,84-88H,3-14,16,18-20,22,24-26,28,30-58,60,62-65H2,1-2H3,(H,79,83)/b17-15-,23-21-,29-27-,61-59+. The van der Waals surface area contributed by atoms with E-state index in [1.54, 1.807) is 6.08 Å². The quantitative estimate of drug-likeness (QED) is 0.0204. The molecule has 0 radical (unpaired) electrons. The average Bonchev–Trinajstić information content (AvgIpc) is 0.844. The Balaban J connectivity index is 1.64. The van der Waals surface area contributed by atoms with Crippen LogP contribution in [-0.2, 0) is 23.7 Å². The van der Waals surface area contributed by atoms with Crippen molar-refractivity contribution in [3.05, 3.63) is 48.6 Å². The lowest BCUT2D eigenvalue weighted by Crippen LogP contribution is -2.65. The van der Waals surface area contributed by atoms with Gasteiger partial charge in [0.25, 0.3) is 0 Å². The second-order valence-corrected chi connectivity index (χ2v) is 27.5. The minimum Gasteiger partial charge on any atom is -0.394 e. The van der Waals surface area contributed by atoms with Crippen molar-refractivity contribution < 1.29 is 64.6 Å². The monoisotopic (exact) mass is 1300 g/mol. The summed E-state index contributed by atoms with van der Waals surface area (Å²) in [5, 5.41) is 87.6. The van der Waals surface area contributed by atoms with Crippen molar-refractivity contribution >= 4 is 5.91 Å². The third-order valence-corrected chi connectivity index (χ3v) is 19.0. The maximum absolute atomic E-state index is 13.4. The van der Waals surface area contributed by atoms with E-state index in [0.29, 0.717) is 6.42 Å². The molecule has 14 heteroatoms. The van der Waals surface area contributed by atoms with Gasteiger partial charge in [0, 0.05) is 6.42 Å². The first-order valence-corrected chi connectivity index (χ1v) is 38.9. The van der Waals surface area contributed by atoms with Crippen LogP contribution in [0.15, 0.2) is 48.6 Å². The first-order chi connectivity index (χ1) is 45.1. The summed E-state index contributed by atoms with van der Waals surface area (Å²) in [5.74, 6) is -0.234. The van der Waals surface area contributed by atoms with Gasteiger partial charge in [-0.1, -0.05) is 332 Å². The number of carbonyl (C=O) groups excluding carboxylic acids is 1. The van der Waals surface area contributed by atoms with Gasteiger partial charge in [-0.15, -0.1) is 0 Å². The lowest BCUT2D eigenvalue weighted by molar-refractivity contribution is -0.359. The van der Waals surface area contributed by atoms with Gasteiger partial charge in [0.2, 0.25) is 5.91 Å². The Bertz CT molecular complexity index is 1730. The number of carbonyl (C=O) groups is 1. The highest BCUT2D eigenvalue weighted by atomic mass is 16.7.